The molecule has 1 aromatic heterocycles. The van der Waals surface area contributed by atoms with Crippen molar-refractivity contribution in [2.75, 3.05) is 6.61 Å². The van der Waals surface area contributed by atoms with E-state index in [1.807, 2.05) is 12.3 Å². The molecule has 7 heteroatoms. The van der Waals surface area contributed by atoms with Crippen LogP contribution in [-0.2, 0) is 21.3 Å². The molecule has 0 bridgehead atoms. The number of ether oxygens (including phenoxy) is 1. The fourth-order valence-corrected chi connectivity index (χ4v) is 5.34. The van der Waals surface area contributed by atoms with Crippen molar-refractivity contribution < 1.29 is 13.2 Å². The zero-order valence-electron chi connectivity index (χ0n) is 11.2. The number of hydrogen-bond donors (Lipinski definition) is 2. The summed E-state index contributed by atoms with van der Waals surface area (Å²) in [5, 5.41) is 1.83. The first-order chi connectivity index (χ1) is 8.95. The van der Waals surface area contributed by atoms with Crippen molar-refractivity contribution in [1.29, 1.82) is 0 Å². The molecule has 2 rings (SSSR count). The van der Waals surface area contributed by atoms with Gasteiger partial charge in [-0.3, -0.25) is 0 Å². The Hall–Kier alpha value is -0.470. The van der Waals surface area contributed by atoms with E-state index in [2.05, 4.69) is 4.72 Å². The first-order valence-electron chi connectivity index (χ1n) is 6.36. The lowest BCUT2D eigenvalue weighted by Gasteiger charge is -2.20. The second-order valence-corrected chi connectivity index (χ2v) is 7.45. The van der Waals surface area contributed by atoms with Crippen LogP contribution in [0.25, 0.3) is 0 Å². The van der Waals surface area contributed by atoms with Crippen molar-refractivity contribution in [3.63, 3.8) is 0 Å². The minimum atomic E-state index is -3.53. The maximum Gasteiger partial charge on any atom is 0.242 e. The zero-order chi connectivity index (χ0) is 14.0. The van der Waals surface area contributed by atoms with Gasteiger partial charge < -0.3 is 10.5 Å². The number of aryl methyl sites for hydroxylation is 1. The summed E-state index contributed by atoms with van der Waals surface area (Å²) in [5.41, 5.74) is 6.35. The first-order valence-corrected chi connectivity index (χ1v) is 8.73. The Morgan fingerprint density at radius 3 is 2.95 bits per heavy atom. The van der Waals surface area contributed by atoms with Gasteiger partial charge in [0, 0.05) is 24.1 Å². The van der Waals surface area contributed by atoms with E-state index >= 15 is 0 Å². The van der Waals surface area contributed by atoms with Gasteiger partial charge in [-0.05, 0) is 37.6 Å². The summed E-state index contributed by atoms with van der Waals surface area (Å²) in [6, 6.07) is -0.225. The Labute approximate surface area is 118 Å². The Morgan fingerprint density at radius 1 is 1.63 bits per heavy atom. The average molecular weight is 304 g/mol. The Morgan fingerprint density at radius 2 is 2.37 bits per heavy atom. The van der Waals surface area contributed by atoms with Gasteiger partial charge in [-0.2, -0.15) is 0 Å². The van der Waals surface area contributed by atoms with Crippen molar-refractivity contribution in [2.45, 2.75) is 50.3 Å². The molecule has 19 heavy (non-hydrogen) atoms. The summed E-state index contributed by atoms with van der Waals surface area (Å²) in [6.45, 7) is 4.59. The molecule has 108 valence electrons. The van der Waals surface area contributed by atoms with E-state index < -0.39 is 10.0 Å². The van der Waals surface area contributed by atoms with Gasteiger partial charge in [0.25, 0.3) is 0 Å². The molecular weight excluding hydrogens is 284 g/mol. The molecule has 1 saturated heterocycles. The summed E-state index contributed by atoms with van der Waals surface area (Å²) in [4.78, 5) is 1.04. The van der Waals surface area contributed by atoms with Crippen molar-refractivity contribution in [1.82, 2.24) is 4.72 Å². The van der Waals surface area contributed by atoms with Crippen LogP contribution in [0.2, 0.25) is 0 Å². The third-order valence-corrected chi connectivity index (χ3v) is 6.35. The molecule has 0 spiro atoms. The molecule has 0 radical (unpaired) electrons. The first kappa shape index (κ1) is 14.9. The minimum absolute atomic E-state index is 0.0324. The van der Waals surface area contributed by atoms with E-state index in [0.29, 0.717) is 16.4 Å². The third-order valence-electron chi connectivity index (χ3n) is 3.31. The van der Waals surface area contributed by atoms with Gasteiger partial charge in [-0.15, -0.1) is 11.3 Å². The number of nitrogens with one attached hydrogen (secondary N) is 1. The quantitative estimate of drug-likeness (QED) is 0.860. The number of sulfonamides is 1. The molecule has 5 nitrogen and oxygen atoms in total. The SMILES string of the molecule is Cc1csc(CN)c1S(=O)(=O)NC(C)C1CCCO1. The Bertz CT molecular complexity index is 533. The van der Waals surface area contributed by atoms with E-state index in [-0.39, 0.29) is 18.7 Å². The number of hydrogen-bond acceptors (Lipinski definition) is 5. The topological polar surface area (TPSA) is 81.4 Å². The Balaban J connectivity index is 2.19. The highest BCUT2D eigenvalue weighted by Crippen LogP contribution is 2.27. The zero-order valence-corrected chi connectivity index (χ0v) is 12.8. The van der Waals surface area contributed by atoms with Crippen LogP contribution in [0.15, 0.2) is 10.3 Å². The predicted molar refractivity (Wildman–Crippen MR) is 75.7 cm³/mol. The minimum Gasteiger partial charge on any atom is -0.377 e. The number of rotatable bonds is 5. The van der Waals surface area contributed by atoms with Gasteiger partial charge in [0.15, 0.2) is 0 Å². The number of thiophene rings is 1. The van der Waals surface area contributed by atoms with E-state index in [9.17, 15) is 8.42 Å². The van der Waals surface area contributed by atoms with Crippen LogP contribution in [0, 0.1) is 6.92 Å². The van der Waals surface area contributed by atoms with Crippen LogP contribution in [0.1, 0.15) is 30.2 Å². The maximum atomic E-state index is 12.4. The maximum absolute atomic E-state index is 12.4. The summed E-state index contributed by atoms with van der Waals surface area (Å²) >= 11 is 1.39. The molecule has 0 aromatic carbocycles. The molecular formula is C12H20N2O3S2. The lowest BCUT2D eigenvalue weighted by Crippen LogP contribution is -2.41. The highest BCUT2D eigenvalue weighted by Gasteiger charge is 2.29. The van der Waals surface area contributed by atoms with Crippen LogP contribution < -0.4 is 10.5 Å². The van der Waals surface area contributed by atoms with Crippen molar-refractivity contribution in [3.05, 3.63) is 15.8 Å². The molecule has 0 aliphatic carbocycles. The van der Waals surface area contributed by atoms with Crippen LogP contribution in [0.3, 0.4) is 0 Å². The normalized spacial score (nSPS) is 21.7. The monoisotopic (exact) mass is 304 g/mol. The predicted octanol–water partition coefficient (Wildman–Crippen LogP) is 1.36. The molecule has 3 N–H and O–H groups in total. The smallest absolute Gasteiger partial charge is 0.242 e. The van der Waals surface area contributed by atoms with Gasteiger partial charge in [0.2, 0.25) is 10.0 Å². The molecule has 1 aromatic rings. The van der Waals surface area contributed by atoms with Crippen molar-refractivity contribution in [3.8, 4) is 0 Å². The van der Waals surface area contributed by atoms with E-state index in [1.54, 1.807) is 6.92 Å². The average Bonchev–Trinajstić information content (AvgIpc) is 2.96. The molecule has 1 aliphatic rings. The molecule has 1 fully saturated rings. The molecule has 0 saturated carbocycles. The van der Waals surface area contributed by atoms with E-state index in [4.69, 9.17) is 10.5 Å². The van der Waals surface area contributed by atoms with Gasteiger partial charge in [0.1, 0.15) is 4.90 Å². The fourth-order valence-electron chi connectivity index (χ4n) is 2.37. The Kier molecular flexibility index (Phi) is 4.62. The van der Waals surface area contributed by atoms with Crippen molar-refractivity contribution in [2.24, 2.45) is 5.73 Å². The molecule has 2 unspecified atom stereocenters. The summed E-state index contributed by atoms with van der Waals surface area (Å²) in [7, 11) is -3.53. The lowest BCUT2D eigenvalue weighted by atomic mass is 10.1. The second-order valence-electron chi connectivity index (χ2n) is 4.84. The van der Waals surface area contributed by atoms with Crippen LogP contribution in [-0.4, -0.2) is 27.2 Å². The lowest BCUT2D eigenvalue weighted by molar-refractivity contribution is 0.0902. The van der Waals surface area contributed by atoms with E-state index in [1.165, 1.54) is 11.3 Å². The van der Waals surface area contributed by atoms with Crippen molar-refractivity contribution >= 4 is 21.4 Å². The fraction of sp³-hybridized carbons (Fsp3) is 0.667. The highest BCUT2D eigenvalue weighted by atomic mass is 32.2. The second kappa shape index (κ2) is 5.88. The van der Waals surface area contributed by atoms with E-state index in [0.717, 1.165) is 18.4 Å². The molecule has 0 amide bonds. The summed E-state index contributed by atoms with van der Waals surface area (Å²) < 4.78 is 33.1. The summed E-state index contributed by atoms with van der Waals surface area (Å²) in [5.74, 6) is 0. The van der Waals surface area contributed by atoms with Gasteiger partial charge >= 0.3 is 0 Å². The van der Waals surface area contributed by atoms with Gasteiger partial charge in [-0.1, -0.05) is 0 Å². The van der Waals surface area contributed by atoms with Gasteiger partial charge in [0.05, 0.1) is 6.10 Å². The molecule has 2 atom stereocenters. The largest absolute Gasteiger partial charge is 0.377 e. The van der Waals surface area contributed by atoms with Crippen LogP contribution in [0.4, 0.5) is 0 Å². The highest BCUT2D eigenvalue weighted by molar-refractivity contribution is 7.89. The molecule has 1 aliphatic heterocycles. The number of nitrogens with two attached hydrogens (primary N) is 1. The van der Waals surface area contributed by atoms with Crippen LogP contribution >= 0.6 is 11.3 Å². The third kappa shape index (κ3) is 3.17. The van der Waals surface area contributed by atoms with Gasteiger partial charge in [-0.25, -0.2) is 13.1 Å². The standard InChI is InChI=1S/C12H20N2O3S2/c1-8-7-18-11(6-13)12(8)19(15,16)14-9(2)10-4-3-5-17-10/h7,9-10,14H,3-6,13H2,1-2H3. The molecule has 2 heterocycles. The summed E-state index contributed by atoms with van der Waals surface area (Å²) in [6.07, 6.45) is 1.85. The van der Waals surface area contributed by atoms with Crippen LogP contribution in [0.5, 0.6) is 0 Å².